The largest absolute Gasteiger partial charge is 0.326 e. The average molecular weight is 109 g/mol. The molecule has 3 heteroatoms. The standard InChI is InChI=1S/C5H7N3/c1-4(8)5(2-6)3-7/h4-5H,8H2,1H3. The van der Waals surface area contributed by atoms with Crippen molar-refractivity contribution in [3.05, 3.63) is 0 Å². The van der Waals surface area contributed by atoms with Gasteiger partial charge in [-0.05, 0) is 6.92 Å². The minimum absolute atomic E-state index is 0.343. The maximum absolute atomic E-state index is 8.14. The van der Waals surface area contributed by atoms with E-state index in [0.717, 1.165) is 0 Å². The Bertz CT molecular complexity index is 123. The number of nitrogens with two attached hydrogens (primary N) is 1. The zero-order valence-electron chi connectivity index (χ0n) is 4.63. The van der Waals surface area contributed by atoms with Gasteiger partial charge in [-0.3, -0.25) is 0 Å². The predicted octanol–water partition coefficient (Wildman–Crippen LogP) is -0.00304. The Morgan fingerprint density at radius 2 is 1.75 bits per heavy atom. The van der Waals surface area contributed by atoms with E-state index in [4.69, 9.17) is 16.3 Å². The maximum atomic E-state index is 8.14. The van der Waals surface area contributed by atoms with Crippen molar-refractivity contribution < 1.29 is 0 Å². The third kappa shape index (κ3) is 1.59. The van der Waals surface area contributed by atoms with Gasteiger partial charge in [-0.15, -0.1) is 0 Å². The summed E-state index contributed by atoms with van der Waals surface area (Å²) in [6, 6.07) is 3.19. The molecule has 0 saturated carbocycles. The minimum atomic E-state index is -0.657. The summed E-state index contributed by atoms with van der Waals surface area (Å²) in [7, 11) is 0. The molecule has 0 radical (unpaired) electrons. The smallest absolute Gasteiger partial charge is 0.148 e. The SMILES string of the molecule is CC(N)C(C#N)C#N. The summed E-state index contributed by atoms with van der Waals surface area (Å²) in [5.41, 5.74) is 5.21. The summed E-state index contributed by atoms with van der Waals surface area (Å²) in [6.45, 7) is 1.64. The van der Waals surface area contributed by atoms with Crippen LogP contribution in [0.3, 0.4) is 0 Å². The van der Waals surface area contributed by atoms with E-state index >= 15 is 0 Å². The van der Waals surface area contributed by atoms with E-state index in [1.165, 1.54) is 0 Å². The van der Waals surface area contributed by atoms with E-state index in [1.807, 2.05) is 0 Å². The second-order valence-corrected chi connectivity index (χ2v) is 1.59. The third-order valence-electron chi connectivity index (χ3n) is 0.804. The Morgan fingerprint density at radius 3 is 1.75 bits per heavy atom. The van der Waals surface area contributed by atoms with Crippen molar-refractivity contribution >= 4 is 0 Å². The van der Waals surface area contributed by atoms with Gasteiger partial charge in [-0.25, -0.2) is 0 Å². The Kier molecular flexibility index (Phi) is 2.61. The molecule has 0 amide bonds. The van der Waals surface area contributed by atoms with Crippen molar-refractivity contribution in [1.29, 1.82) is 10.5 Å². The van der Waals surface area contributed by atoms with Gasteiger partial charge in [-0.1, -0.05) is 0 Å². The molecule has 0 rings (SSSR count). The van der Waals surface area contributed by atoms with E-state index in [2.05, 4.69) is 0 Å². The molecule has 0 aromatic carbocycles. The molecule has 0 aliphatic heterocycles. The first-order valence-electron chi connectivity index (χ1n) is 2.27. The van der Waals surface area contributed by atoms with Crippen molar-refractivity contribution in [2.45, 2.75) is 13.0 Å². The molecule has 0 saturated heterocycles. The molecule has 0 heterocycles. The molecule has 1 unspecified atom stereocenters. The van der Waals surface area contributed by atoms with Gasteiger partial charge < -0.3 is 5.73 Å². The highest BCUT2D eigenvalue weighted by Gasteiger charge is 2.09. The molecular formula is C5H7N3. The van der Waals surface area contributed by atoms with E-state index < -0.39 is 5.92 Å². The van der Waals surface area contributed by atoms with Crippen LogP contribution in [0.1, 0.15) is 6.92 Å². The predicted molar refractivity (Wildman–Crippen MR) is 28.4 cm³/mol. The van der Waals surface area contributed by atoms with Gasteiger partial charge in [0.05, 0.1) is 12.1 Å². The van der Waals surface area contributed by atoms with Crippen LogP contribution in [0.15, 0.2) is 0 Å². The van der Waals surface area contributed by atoms with Crippen molar-refractivity contribution in [3.8, 4) is 12.1 Å². The van der Waals surface area contributed by atoms with Crippen LogP contribution >= 0.6 is 0 Å². The van der Waals surface area contributed by atoms with Gasteiger partial charge in [0.1, 0.15) is 5.92 Å². The van der Waals surface area contributed by atoms with Gasteiger partial charge in [0.2, 0.25) is 0 Å². The van der Waals surface area contributed by atoms with Gasteiger partial charge in [0.25, 0.3) is 0 Å². The first kappa shape index (κ1) is 6.94. The van der Waals surface area contributed by atoms with Crippen LogP contribution in [0.2, 0.25) is 0 Å². The number of nitriles is 2. The zero-order chi connectivity index (χ0) is 6.57. The fourth-order valence-electron chi connectivity index (χ4n) is 0.264. The summed E-state index contributed by atoms with van der Waals surface area (Å²) >= 11 is 0. The average Bonchev–Trinajstić information content (AvgIpc) is 1.69. The Morgan fingerprint density at radius 1 is 1.38 bits per heavy atom. The Balaban J connectivity index is 3.81. The molecule has 0 aromatic heterocycles. The van der Waals surface area contributed by atoms with Crippen molar-refractivity contribution in [2.75, 3.05) is 0 Å². The topological polar surface area (TPSA) is 73.6 Å². The molecule has 0 fully saturated rings. The number of nitrogens with zero attached hydrogens (tertiary/aromatic N) is 2. The molecule has 42 valence electrons. The normalized spacial score (nSPS) is 12.1. The lowest BCUT2D eigenvalue weighted by Gasteiger charge is -2.00. The lowest BCUT2D eigenvalue weighted by atomic mass is 10.1. The lowest BCUT2D eigenvalue weighted by Crippen LogP contribution is -2.23. The van der Waals surface area contributed by atoms with Crippen LogP contribution in [-0.4, -0.2) is 6.04 Å². The molecule has 0 aliphatic carbocycles. The quantitative estimate of drug-likeness (QED) is 0.515. The van der Waals surface area contributed by atoms with Crippen molar-refractivity contribution in [1.82, 2.24) is 0 Å². The molecule has 0 spiro atoms. The highest BCUT2D eigenvalue weighted by Crippen LogP contribution is 1.94. The molecule has 8 heavy (non-hydrogen) atoms. The number of hydrogen-bond donors (Lipinski definition) is 1. The Hall–Kier alpha value is -1.06. The van der Waals surface area contributed by atoms with Crippen LogP contribution in [-0.2, 0) is 0 Å². The maximum Gasteiger partial charge on any atom is 0.148 e. The van der Waals surface area contributed by atoms with Gasteiger partial charge >= 0.3 is 0 Å². The van der Waals surface area contributed by atoms with Gasteiger partial charge in [0.15, 0.2) is 0 Å². The summed E-state index contributed by atoms with van der Waals surface area (Å²) in [5, 5.41) is 16.3. The van der Waals surface area contributed by atoms with Crippen LogP contribution in [0.4, 0.5) is 0 Å². The highest BCUT2D eigenvalue weighted by molar-refractivity contribution is 5.02. The molecule has 0 bridgehead atoms. The van der Waals surface area contributed by atoms with Crippen molar-refractivity contribution in [2.24, 2.45) is 11.7 Å². The lowest BCUT2D eigenvalue weighted by molar-refractivity contribution is 0.656. The van der Waals surface area contributed by atoms with Crippen LogP contribution in [0, 0.1) is 28.6 Å². The second kappa shape index (κ2) is 3.01. The van der Waals surface area contributed by atoms with Crippen LogP contribution in [0.5, 0.6) is 0 Å². The van der Waals surface area contributed by atoms with E-state index in [-0.39, 0.29) is 6.04 Å². The fourth-order valence-corrected chi connectivity index (χ4v) is 0.264. The number of hydrogen-bond acceptors (Lipinski definition) is 3. The third-order valence-corrected chi connectivity index (χ3v) is 0.804. The van der Waals surface area contributed by atoms with E-state index in [0.29, 0.717) is 0 Å². The highest BCUT2D eigenvalue weighted by atomic mass is 14.6. The van der Waals surface area contributed by atoms with Gasteiger partial charge in [0, 0.05) is 6.04 Å². The summed E-state index contributed by atoms with van der Waals surface area (Å²) < 4.78 is 0. The molecule has 2 N–H and O–H groups in total. The van der Waals surface area contributed by atoms with Crippen LogP contribution < -0.4 is 5.73 Å². The first-order chi connectivity index (χ1) is 3.72. The molecule has 1 atom stereocenters. The molecule has 3 nitrogen and oxygen atoms in total. The molecule has 0 aliphatic rings. The molecular weight excluding hydrogens is 102 g/mol. The second-order valence-electron chi connectivity index (χ2n) is 1.59. The fraction of sp³-hybridized carbons (Fsp3) is 0.600. The summed E-state index contributed by atoms with van der Waals surface area (Å²) in [6.07, 6.45) is 0. The monoisotopic (exact) mass is 109 g/mol. The van der Waals surface area contributed by atoms with E-state index in [1.54, 1.807) is 19.1 Å². The first-order valence-corrected chi connectivity index (χ1v) is 2.27. The summed E-state index contributed by atoms with van der Waals surface area (Å²) in [5.74, 6) is -0.657. The van der Waals surface area contributed by atoms with Crippen LogP contribution in [0.25, 0.3) is 0 Å². The van der Waals surface area contributed by atoms with E-state index in [9.17, 15) is 0 Å². The zero-order valence-corrected chi connectivity index (χ0v) is 4.63. The van der Waals surface area contributed by atoms with Gasteiger partial charge in [-0.2, -0.15) is 10.5 Å². The molecule has 0 aromatic rings. The number of rotatable bonds is 1. The van der Waals surface area contributed by atoms with Crippen molar-refractivity contribution in [3.63, 3.8) is 0 Å². The Labute approximate surface area is 48.3 Å². The summed E-state index contributed by atoms with van der Waals surface area (Å²) in [4.78, 5) is 0. The minimum Gasteiger partial charge on any atom is -0.326 e.